The first-order valence-electron chi connectivity index (χ1n) is 10.0. The van der Waals surface area contributed by atoms with Crippen LogP contribution in [0.4, 0.5) is 4.39 Å². The molecule has 29 heavy (non-hydrogen) atoms. The van der Waals surface area contributed by atoms with Crippen LogP contribution >= 0.6 is 0 Å². The van der Waals surface area contributed by atoms with Crippen molar-refractivity contribution in [2.24, 2.45) is 11.8 Å². The van der Waals surface area contributed by atoms with Crippen molar-refractivity contribution in [3.8, 4) is 0 Å². The average molecular weight is 399 g/mol. The number of carbonyl (C=O) groups excluding carboxylic acids is 2. The lowest BCUT2D eigenvalue weighted by Crippen LogP contribution is -2.41. The van der Waals surface area contributed by atoms with Crippen molar-refractivity contribution in [2.75, 3.05) is 32.7 Å². The average Bonchev–Trinajstić information content (AvgIpc) is 3.40. The molecule has 1 aromatic carbocycles. The van der Waals surface area contributed by atoms with Gasteiger partial charge in [0, 0.05) is 51.4 Å². The molecule has 0 unspecified atom stereocenters. The second-order valence-electron chi connectivity index (χ2n) is 7.91. The van der Waals surface area contributed by atoms with Gasteiger partial charge in [0.25, 0.3) is 0 Å². The third-order valence-electron chi connectivity index (χ3n) is 5.94. The molecular weight excluding hydrogens is 373 g/mol. The van der Waals surface area contributed by atoms with Crippen LogP contribution in [0, 0.1) is 17.7 Å². The van der Waals surface area contributed by atoms with Crippen molar-refractivity contribution in [1.29, 1.82) is 0 Å². The van der Waals surface area contributed by atoms with E-state index in [-0.39, 0.29) is 36.1 Å². The fourth-order valence-electron chi connectivity index (χ4n) is 4.67. The van der Waals surface area contributed by atoms with E-state index in [4.69, 9.17) is 0 Å². The zero-order valence-corrected chi connectivity index (χ0v) is 16.5. The Bertz CT molecular complexity index is 872. The summed E-state index contributed by atoms with van der Waals surface area (Å²) in [6, 6.07) is 8.27. The first-order chi connectivity index (χ1) is 14.0. The first kappa shape index (κ1) is 19.6. The molecule has 2 saturated heterocycles. The molecule has 2 amide bonds. The van der Waals surface area contributed by atoms with Crippen molar-refractivity contribution in [3.63, 3.8) is 0 Å². The Morgan fingerprint density at radius 3 is 2.79 bits per heavy atom. The van der Waals surface area contributed by atoms with E-state index in [1.54, 1.807) is 12.3 Å². The predicted octanol–water partition coefficient (Wildman–Crippen LogP) is 1.29. The van der Waals surface area contributed by atoms with E-state index in [0.29, 0.717) is 12.5 Å². The van der Waals surface area contributed by atoms with Gasteiger partial charge in [-0.25, -0.2) is 4.39 Å². The number of nitrogens with zero attached hydrogens (tertiary/aromatic N) is 4. The normalized spacial score (nSPS) is 23.9. The Kier molecular flexibility index (Phi) is 5.62. The van der Waals surface area contributed by atoms with Gasteiger partial charge in [-0.15, -0.1) is 0 Å². The van der Waals surface area contributed by atoms with Gasteiger partial charge in [0.15, 0.2) is 0 Å². The SMILES string of the molecule is CC(=O)NCC(=O)N1C[C@@H]2CN(CCn3cccn3)C[C@@H]2[C@H]1c1cccc(F)c1. The van der Waals surface area contributed by atoms with E-state index in [2.05, 4.69) is 15.3 Å². The predicted molar refractivity (Wildman–Crippen MR) is 105 cm³/mol. The summed E-state index contributed by atoms with van der Waals surface area (Å²) in [4.78, 5) is 28.3. The smallest absolute Gasteiger partial charge is 0.242 e. The van der Waals surface area contributed by atoms with Crippen molar-refractivity contribution < 1.29 is 14.0 Å². The third-order valence-corrected chi connectivity index (χ3v) is 5.94. The highest BCUT2D eigenvalue weighted by Gasteiger charge is 2.48. The fourth-order valence-corrected chi connectivity index (χ4v) is 4.67. The van der Waals surface area contributed by atoms with Gasteiger partial charge >= 0.3 is 0 Å². The number of hydrogen-bond acceptors (Lipinski definition) is 4. The summed E-state index contributed by atoms with van der Waals surface area (Å²) in [5.74, 6) is -0.0663. The molecule has 2 aliphatic rings. The summed E-state index contributed by atoms with van der Waals surface area (Å²) in [5.41, 5.74) is 0.822. The Balaban J connectivity index is 1.49. The van der Waals surface area contributed by atoms with E-state index < -0.39 is 0 Å². The number of rotatable bonds is 6. The lowest BCUT2D eigenvalue weighted by Gasteiger charge is -2.30. The number of fused-ring (bicyclic) bond motifs is 1. The van der Waals surface area contributed by atoms with Crippen molar-refractivity contribution in [3.05, 3.63) is 54.1 Å². The number of carbonyl (C=O) groups is 2. The van der Waals surface area contributed by atoms with Crippen LogP contribution < -0.4 is 5.32 Å². The van der Waals surface area contributed by atoms with Crippen LogP contribution in [0.25, 0.3) is 0 Å². The molecule has 0 radical (unpaired) electrons. The molecule has 0 aliphatic carbocycles. The Morgan fingerprint density at radius 1 is 1.21 bits per heavy atom. The highest BCUT2D eigenvalue weighted by atomic mass is 19.1. The fraction of sp³-hybridized carbons (Fsp3) is 0.476. The quantitative estimate of drug-likeness (QED) is 0.795. The highest BCUT2D eigenvalue weighted by molar-refractivity contribution is 5.84. The van der Waals surface area contributed by atoms with E-state index in [0.717, 1.165) is 31.7 Å². The van der Waals surface area contributed by atoms with E-state index in [1.165, 1.54) is 19.1 Å². The summed E-state index contributed by atoms with van der Waals surface area (Å²) in [6.45, 7) is 5.48. The number of halogens is 1. The van der Waals surface area contributed by atoms with Crippen LogP contribution in [0.2, 0.25) is 0 Å². The van der Waals surface area contributed by atoms with Gasteiger partial charge < -0.3 is 15.1 Å². The summed E-state index contributed by atoms with van der Waals surface area (Å²) in [6.07, 6.45) is 3.73. The number of amides is 2. The Labute approximate surface area is 169 Å². The maximum Gasteiger partial charge on any atom is 0.242 e. The van der Waals surface area contributed by atoms with Gasteiger partial charge in [-0.2, -0.15) is 5.10 Å². The first-order valence-corrected chi connectivity index (χ1v) is 10.0. The molecule has 1 N–H and O–H groups in total. The van der Waals surface area contributed by atoms with E-state index in [9.17, 15) is 14.0 Å². The minimum atomic E-state index is -0.297. The van der Waals surface area contributed by atoms with E-state index >= 15 is 0 Å². The third kappa shape index (κ3) is 4.32. The van der Waals surface area contributed by atoms with Gasteiger partial charge in [0.1, 0.15) is 5.82 Å². The van der Waals surface area contributed by atoms with Gasteiger partial charge in [-0.1, -0.05) is 12.1 Å². The lowest BCUT2D eigenvalue weighted by molar-refractivity contribution is -0.133. The molecule has 2 aromatic rings. The van der Waals surface area contributed by atoms with Gasteiger partial charge in [0.2, 0.25) is 11.8 Å². The van der Waals surface area contributed by atoms with Crippen LogP contribution in [-0.4, -0.2) is 64.1 Å². The standard InChI is InChI=1S/C21H26FN5O2/c1-15(28)23-11-20(29)27-13-17-12-25(8-9-26-7-3-6-24-26)14-19(17)21(27)16-4-2-5-18(22)10-16/h2-7,10,17,19,21H,8-9,11-14H2,1H3,(H,23,28)/t17-,19-,21+/m0/s1. The number of benzene rings is 1. The zero-order chi connectivity index (χ0) is 20.4. The molecule has 3 atom stereocenters. The zero-order valence-electron chi connectivity index (χ0n) is 16.5. The van der Waals surface area contributed by atoms with Crippen molar-refractivity contribution in [1.82, 2.24) is 24.9 Å². The number of likely N-dealkylation sites (tertiary alicyclic amines) is 2. The molecule has 0 spiro atoms. The molecule has 8 heteroatoms. The monoisotopic (exact) mass is 399 g/mol. The second-order valence-corrected chi connectivity index (χ2v) is 7.91. The lowest BCUT2D eigenvalue weighted by atomic mass is 9.89. The number of hydrogen-bond donors (Lipinski definition) is 1. The van der Waals surface area contributed by atoms with E-state index in [1.807, 2.05) is 27.9 Å². The maximum atomic E-state index is 13.9. The molecule has 3 heterocycles. The van der Waals surface area contributed by atoms with Gasteiger partial charge in [-0.3, -0.25) is 14.3 Å². The molecular formula is C21H26FN5O2. The van der Waals surface area contributed by atoms with Crippen molar-refractivity contribution >= 4 is 11.8 Å². The molecule has 2 aliphatic heterocycles. The molecule has 0 bridgehead atoms. The summed E-state index contributed by atoms with van der Waals surface area (Å²) in [5, 5.41) is 6.84. The topological polar surface area (TPSA) is 70.5 Å². The highest BCUT2D eigenvalue weighted by Crippen LogP contribution is 2.45. The van der Waals surface area contributed by atoms with Gasteiger partial charge in [0.05, 0.1) is 19.1 Å². The molecule has 1 aromatic heterocycles. The van der Waals surface area contributed by atoms with Crippen LogP contribution in [-0.2, 0) is 16.1 Å². The molecule has 0 saturated carbocycles. The summed E-state index contributed by atoms with van der Waals surface area (Å²) in [7, 11) is 0. The second kappa shape index (κ2) is 8.32. The molecule has 154 valence electrons. The van der Waals surface area contributed by atoms with Crippen LogP contribution in [0.1, 0.15) is 18.5 Å². The minimum Gasteiger partial charge on any atom is -0.347 e. The molecule has 2 fully saturated rings. The Morgan fingerprint density at radius 2 is 2.07 bits per heavy atom. The number of aromatic nitrogens is 2. The molecule has 4 rings (SSSR count). The largest absolute Gasteiger partial charge is 0.347 e. The maximum absolute atomic E-state index is 13.9. The minimum absolute atomic E-state index is 0.0242. The number of nitrogens with one attached hydrogen (secondary N) is 1. The molecule has 7 nitrogen and oxygen atoms in total. The van der Waals surface area contributed by atoms with Crippen molar-refractivity contribution in [2.45, 2.75) is 19.5 Å². The Hall–Kier alpha value is -2.74. The van der Waals surface area contributed by atoms with Crippen LogP contribution in [0.5, 0.6) is 0 Å². The summed E-state index contributed by atoms with van der Waals surface area (Å²) >= 11 is 0. The van der Waals surface area contributed by atoms with Crippen LogP contribution in [0.3, 0.4) is 0 Å². The van der Waals surface area contributed by atoms with Gasteiger partial charge in [-0.05, 0) is 29.7 Å². The van der Waals surface area contributed by atoms with Crippen LogP contribution in [0.15, 0.2) is 42.7 Å². The summed E-state index contributed by atoms with van der Waals surface area (Å²) < 4.78 is 15.8.